The highest BCUT2D eigenvalue weighted by Gasteiger charge is 2.32. The number of nitrogens with one attached hydrogen (secondary N) is 2. The van der Waals surface area contributed by atoms with Crippen molar-refractivity contribution in [1.82, 2.24) is 9.88 Å². The summed E-state index contributed by atoms with van der Waals surface area (Å²) >= 11 is 0. The van der Waals surface area contributed by atoms with Crippen molar-refractivity contribution in [3.05, 3.63) is 30.0 Å². The van der Waals surface area contributed by atoms with Crippen LogP contribution in [0.3, 0.4) is 0 Å². The van der Waals surface area contributed by atoms with Crippen molar-refractivity contribution in [2.75, 3.05) is 18.4 Å². The lowest BCUT2D eigenvalue weighted by atomic mass is 9.83. The first-order valence-electron chi connectivity index (χ1n) is 10.7. The molecule has 1 unspecified atom stereocenters. The number of fused-ring (bicyclic) bond motifs is 1. The average Bonchev–Trinajstić information content (AvgIpc) is 3.36. The largest absolute Gasteiger partial charge is 0.350 e. The van der Waals surface area contributed by atoms with Crippen molar-refractivity contribution in [1.29, 1.82) is 0 Å². The first-order valence-corrected chi connectivity index (χ1v) is 10.7. The number of hydrogen-bond donors (Lipinski definition) is 2. The maximum atomic E-state index is 13.0. The first kappa shape index (κ1) is 19.2. The molecule has 1 saturated heterocycles. The maximum absolute atomic E-state index is 13.0. The predicted molar refractivity (Wildman–Crippen MR) is 113 cm³/mol. The second-order valence-electron chi connectivity index (χ2n) is 8.56. The number of anilines is 1. The molecule has 0 bridgehead atoms. The Balaban J connectivity index is 1.43. The van der Waals surface area contributed by atoms with Crippen molar-refractivity contribution in [2.45, 2.75) is 58.4 Å². The molecule has 1 atom stereocenters. The van der Waals surface area contributed by atoms with Crippen LogP contribution in [0.2, 0.25) is 0 Å². The number of likely N-dealkylation sites (tertiary alicyclic amines) is 1. The van der Waals surface area contributed by atoms with E-state index in [0.717, 1.165) is 35.8 Å². The summed E-state index contributed by atoms with van der Waals surface area (Å²) in [6.45, 7) is 5.48. The van der Waals surface area contributed by atoms with Crippen LogP contribution in [0.4, 0.5) is 5.69 Å². The fourth-order valence-electron chi connectivity index (χ4n) is 5.14. The lowest BCUT2D eigenvalue weighted by molar-refractivity contribution is -0.121. The lowest BCUT2D eigenvalue weighted by Crippen LogP contribution is -2.46. The summed E-state index contributed by atoms with van der Waals surface area (Å²) in [5, 5.41) is 3.93. The smallest absolute Gasteiger partial charge is 0.241 e. The van der Waals surface area contributed by atoms with E-state index in [1.54, 1.807) is 0 Å². The Labute approximate surface area is 166 Å². The van der Waals surface area contributed by atoms with Gasteiger partial charge in [0.15, 0.2) is 5.78 Å². The fraction of sp³-hybridized carbons (Fsp3) is 0.565. The van der Waals surface area contributed by atoms with Crippen LogP contribution >= 0.6 is 0 Å². The highest BCUT2D eigenvalue weighted by molar-refractivity contribution is 6.12. The van der Waals surface area contributed by atoms with Crippen LogP contribution in [-0.2, 0) is 4.79 Å². The molecule has 4 rings (SSSR count). The SMILES string of the molecule is CC(=O)c1[nH]c2ccccc2c1NC(=O)C(C)N1CCC(C2CCCC2)CC1. The number of amides is 1. The molecule has 2 aromatic rings. The van der Waals surface area contributed by atoms with E-state index in [-0.39, 0.29) is 17.7 Å². The number of H-pyrrole nitrogens is 1. The molecule has 1 aliphatic heterocycles. The van der Waals surface area contributed by atoms with Gasteiger partial charge < -0.3 is 10.3 Å². The lowest BCUT2D eigenvalue weighted by Gasteiger charge is -2.37. The van der Waals surface area contributed by atoms with Crippen LogP contribution in [0, 0.1) is 11.8 Å². The summed E-state index contributed by atoms with van der Waals surface area (Å²) in [4.78, 5) is 30.5. The minimum atomic E-state index is -0.196. The molecule has 2 N–H and O–H groups in total. The highest BCUT2D eigenvalue weighted by atomic mass is 16.2. The fourth-order valence-corrected chi connectivity index (χ4v) is 5.14. The van der Waals surface area contributed by atoms with E-state index in [0.29, 0.717) is 11.4 Å². The number of ketones is 1. The standard InChI is InChI=1S/C23H31N3O2/c1-15(26-13-11-18(12-14-26)17-7-3-4-8-17)23(28)25-22-19-9-5-6-10-20(19)24-21(22)16(2)27/h5-6,9-10,15,17-18,24H,3-4,7-8,11-14H2,1-2H3,(H,25,28). The molecule has 2 heterocycles. The number of benzene rings is 1. The third-order valence-electron chi connectivity index (χ3n) is 6.87. The summed E-state index contributed by atoms with van der Waals surface area (Å²) in [5.74, 6) is 1.64. The van der Waals surface area contributed by atoms with Gasteiger partial charge in [0.25, 0.3) is 0 Å². The monoisotopic (exact) mass is 381 g/mol. The molecule has 1 saturated carbocycles. The number of aromatic nitrogens is 1. The van der Waals surface area contributed by atoms with Crippen LogP contribution < -0.4 is 5.32 Å². The molecule has 28 heavy (non-hydrogen) atoms. The minimum absolute atomic E-state index is 0.0356. The normalized spacial score (nSPS) is 20.5. The van der Waals surface area contributed by atoms with Crippen LogP contribution in [-0.4, -0.2) is 40.7 Å². The molecule has 2 aliphatic rings. The Kier molecular flexibility index (Phi) is 5.54. The number of carbonyl (C=O) groups excluding carboxylic acids is 2. The number of para-hydroxylation sites is 1. The van der Waals surface area contributed by atoms with Gasteiger partial charge in [-0.2, -0.15) is 0 Å². The topological polar surface area (TPSA) is 65.2 Å². The van der Waals surface area contributed by atoms with Crippen molar-refractivity contribution in [3.8, 4) is 0 Å². The molecular formula is C23H31N3O2. The average molecular weight is 382 g/mol. The van der Waals surface area contributed by atoms with Gasteiger partial charge in [-0.25, -0.2) is 0 Å². The van der Waals surface area contributed by atoms with Crippen molar-refractivity contribution in [3.63, 3.8) is 0 Å². The van der Waals surface area contributed by atoms with Crippen LogP contribution in [0.1, 0.15) is 62.9 Å². The number of Topliss-reactive ketones (excluding diaryl/α,β-unsaturated/α-hetero) is 1. The number of carbonyl (C=O) groups is 2. The molecule has 150 valence electrons. The number of rotatable bonds is 5. The third kappa shape index (κ3) is 3.72. The van der Waals surface area contributed by atoms with Gasteiger partial charge in [-0.3, -0.25) is 14.5 Å². The van der Waals surface area contributed by atoms with E-state index >= 15 is 0 Å². The van der Waals surface area contributed by atoms with Gasteiger partial charge in [0, 0.05) is 17.8 Å². The first-order chi connectivity index (χ1) is 13.5. The molecule has 1 aromatic carbocycles. The van der Waals surface area contributed by atoms with E-state index in [2.05, 4.69) is 15.2 Å². The van der Waals surface area contributed by atoms with E-state index in [4.69, 9.17) is 0 Å². The van der Waals surface area contributed by atoms with Gasteiger partial charge in [-0.1, -0.05) is 43.9 Å². The van der Waals surface area contributed by atoms with Crippen LogP contribution in [0.25, 0.3) is 10.9 Å². The van der Waals surface area contributed by atoms with E-state index in [1.807, 2.05) is 31.2 Å². The summed E-state index contributed by atoms with van der Waals surface area (Å²) in [7, 11) is 0. The summed E-state index contributed by atoms with van der Waals surface area (Å²) < 4.78 is 0. The van der Waals surface area contributed by atoms with Crippen molar-refractivity contribution >= 4 is 28.3 Å². The Bertz CT molecular complexity index is 858. The molecule has 5 heteroatoms. The molecule has 0 radical (unpaired) electrons. The quantitative estimate of drug-likeness (QED) is 0.744. The second kappa shape index (κ2) is 8.08. The molecule has 2 fully saturated rings. The minimum Gasteiger partial charge on any atom is -0.350 e. The summed E-state index contributed by atoms with van der Waals surface area (Å²) in [6.07, 6.45) is 7.99. The molecule has 1 aliphatic carbocycles. The van der Waals surface area contributed by atoms with Crippen LogP contribution in [0.5, 0.6) is 0 Å². The second-order valence-corrected chi connectivity index (χ2v) is 8.56. The zero-order valence-corrected chi connectivity index (χ0v) is 17.0. The molecular weight excluding hydrogens is 350 g/mol. The van der Waals surface area contributed by atoms with Crippen LogP contribution in [0.15, 0.2) is 24.3 Å². The molecule has 1 amide bonds. The van der Waals surface area contributed by atoms with Gasteiger partial charge >= 0.3 is 0 Å². The Morgan fingerprint density at radius 3 is 2.39 bits per heavy atom. The number of aromatic amines is 1. The summed E-state index contributed by atoms with van der Waals surface area (Å²) in [5.41, 5.74) is 1.95. The third-order valence-corrected chi connectivity index (χ3v) is 6.87. The molecule has 0 spiro atoms. The van der Waals surface area contributed by atoms with Crippen molar-refractivity contribution < 1.29 is 9.59 Å². The summed E-state index contributed by atoms with van der Waals surface area (Å²) in [6, 6.07) is 7.51. The Morgan fingerprint density at radius 1 is 1.07 bits per heavy atom. The maximum Gasteiger partial charge on any atom is 0.241 e. The predicted octanol–water partition coefficient (Wildman–Crippen LogP) is 4.60. The van der Waals surface area contributed by atoms with E-state index < -0.39 is 0 Å². The molecule has 5 nitrogen and oxygen atoms in total. The Hall–Kier alpha value is -2.14. The number of hydrogen-bond acceptors (Lipinski definition) is 3. The van der Waals surface area contributed by atoms with Crippen molar-refractivity contribution in [2.24, 2.45) is 11.8 Å². The van der Waals surface area contributed by atoms with Gasteiger partial charge in [-0.15, -0.1) is 0 Å². The zero-order chi connectivity index (χ0) is 19.7. The van der Waals surface area contributed by atoms with Gasteiger partial charge in [-0.05, 0) is 50.8 Å². The highest BCUT2D eigenvalue weighted by Crippen LogP contribution is 2.37. The van der Waals surface area contributed by atoms with E-state index in [1.165, 1.54) is 45.4 Å². The number of nitrogens with zero attached hydrogens (tertiary/aromatic N) is 1. The van der Waals surface area contributed by atoms with E-state index in [9.17, 15) is 9.59 Å². The molecule has 1 aromatic heterocycles. The van der Waals surface area contributed by atoms with Gasteiger partial charge in [0.1, 0.15) is 5.69 Å². The van der Waals surface area contributed by atoms with Gasteiger partial charge in [0.05, 0.1) is 11.7 Å². The Morgan fingerprint density at radius 2 is 1.71 bits per heavy atom. The van der Waals surface area contributed by atoms with Gasteiger partial charge in [0.2, 0.25) is 5.91 Å². The zero-order valence-electron chi connectivity index (χ0n) is 17.0. The number of piperidine rings is 1.